The molecule has 0 spiro atoms. The summed E-state index contributed by atoms with van der Waals surface area (Å²) in [6, 6.07) is -0.524. The summed E-state index contributed by atoms with van der Waals surface area (Å²) in [5, 5.41) is 0. The number of piperidine rings is 1. The van der Waals surface area contributed by atoms with E-state index in [4.69, 9.17) is 9.47 Å². The molecule has 1 saturated heterocycles. The van der Waals surface area contributed by atoms with Crippen LogP contribution in [-0.2, 0) is 14.3 Å². The zero-order valence-electron chi connectivity index (χ0n) is 14.8. The summed E-state index contributed by atoms with van der Waals surface area (Å²) in [5.74, 6) is -0.353. The topological polar surface area (TPSA) is 55.8 Å². The lowest BCUT2D eigenvalue weighted by Crippen LogP contribution is -2.50. The average molecular weight is 313 g/mol. The van der Waals surface area contributed by atoms with Gasteiger partial charge in [0.1, 0.15) is 18.2 Å². The first kappa shape index (κ1) is 20.5. The highest BCUT2D eigenvalue weighted by atomic mass is 16.6. The summed E-state index contributed by atoms with van der Waals surface area (Å²) in [7, 11) is 0. The number of carbonyl (C=O) groups is 2. The van der Waals surface area contributed by atoms with Crippen molar-refractivity contribution in [3.63, 3.8) is 0 Å². The summed E-state index contributed by atoms with van der Waals surface area (Å²) in [6.45, 7) is 12.1. The van der Waals surface area contributed by atoms with Gasteiger partial charge in [0.25, 0.3) is 0 Å². The van der Waals surface area contributed by atoms with Gasteiger partial charge in [-0.15, -0.1) is 0 Å². The Labute approximate surface area is 134 Å². The molecule has 1 atom stereocenters. The highest BCUT2D eigenvalue weighted by Gasteiger charge is 2.35. The minimum atomic E-state index is -0.562. The van der Waals surface area contributed by atoms with Crippen LogP contribution in [0.4, 0.5) is 4.79 Å². The molecule has 0 aliphatic carbocycles. The quantitative estimate of drug-likeness (QED) is 0.585. The fourth-order valence-corrected chi connectivity index (χ4v) is 2.04. The van der Waals surface area contributed by atoms with Gasteiger partial charge >= 0.3 is 12.1 Å². The minimum absolute atomic E-state index is 0.244. The third-order valence-electron chi connectivity index (χ3n) is 2.96. The molecule has 128 valence electrons. The first-order valence-corrected chi connectivity index (χ1v) is 8.12. The number of amides is 1. The van der Waals surface area contributed by atoms with E-state index in [1.54, 1.807) is 6.08 Å². The van der Waals surface area contributed by atoms with Crippen LogP contribution in [0.5, 0.6) is 0 Å². The van der Waals surface area contributed by atoms with Gasteiger partial charge in [0.15, 0.2) is 0 Å². The second-order valence-electron chi connectivity index (χ2n) is 5.88. The van der Waals surface area contributed by atoms with Crippen LogP contribution < -0.4 is 0 Å². The summed E-state index contributed by atoms with van der Waals surface area (Å²) in [6.07, 6.45) is 5.58. The van der Waals surface area contributed by atoms with Crippen molar-refractivity contribution in [2.24, 2.45) is 0 Å². The van der Waals surface area contributed by atoms with Crippen molar-refractivity contribution in [1.82, 2.24) is 4.90 Å². The van der Waals surface area contributed by atoms with E-state index in [0.717, 1.165) is 12.8 Å². The molecule has 1 aliphatic rings. The van der Waals surface area contributed by atoms with Crippen molar-refractivity contribution in [2.75, 3.05) is 13.2 Å². The van der Waals surface area contributed by atoms with Crippen LogP contribution in [-0.4, -0.2) is 41.8 Å². The van der Waals surface area contributed by atoms with Crippen LogP contribution in [0.1, 0.15) is 60.8 Å². The smallest absolute Gasteiger partial charge is 0.411 e. The Morgan fingerprint density at radius 3 is 2.41 bits per heavy atom. The zero-order valence-corrected chi connectivity index (χ0v) is 14.8. The Morgan fingerprint density at radius 1 is 1.23 bits per heavy atom. The molecule has 1 aliphatic heterocycles. The molecule has 1 rings (SSSR count). The van der Waals surface area contributed by atoms with Gasteiger partial charge < -0.3 is 9.47 Å². The van der Waals surface area contributed by atoms with E-state index in [2.05, 4.69) is 0 Å². The first-order chi connectivity index (χ1) is 10.3. The molecule has 1 fully saturated rings. The van der Waals surface area contributed by atoms with E-state index >= 15 is 0 Å². The van der Waals surface area contributed by atoms with Gasteiger partial charge in [0.05, 0.1) is 0 Å². The van der Waals surface area contributed by atoms with Gasteiger partial charge in [0.2, 0.25) is 0 Å². The molecule has 0 saturated carbocycles. The summed E-state index contributed by atoms with van der Waals surface area (Å²) >= 11 is 0. The molecule has 0 aromatic heterocycles. The molecule has 0 radical (unpaired) electrons. The van der Waals surface area contributed by atoms with Crippen molar-refractivity contribution in [3.05, 3.63) is 12.2 Å². The van der Waals surface area contributed by atoms with E-state index in [1.807, 2.05) is 47.6 Å². The molecular weight excluding hydrogens is 282 g/mol. The highest BCUT2D eigenvalue weighted by molar-refractivity contribution is 5.81. The Morgan fingerprint density at radius 2 is 1.86 bits per heavy atom. The molecule has 5 nitrogen and oxygen atoms in total. The van der Waals surface area contributed by atoms with Crippen LogP contribution in [0.15, 0.2) is 12.2 Å². The largest absolute Gasteiger partial charge is 0.460 e. The van der Waals surface area contributed by atoms with Crippen LogP contribution in [0.2, 0.25) is 0 Å². The van der Waals surface area contributed by atoms with Crippen LogP contribution in [0.3, 0.4) is 0 Å². The Bertz CT molecular complexity index is 371. The number of carbonyl (C=O) groups excluding carboxylic acids is 2. The number of nitrogens with zero attached hydrogens (tertiary/aromatic N) is 1. The molecule has 0 aromatic rings. The van der Waals surface area contributed by atoms with Gasteiger partial charge in [-0.05, 0) is 47.0 Å². The number of likely N-dealkylation sites (tertiary alicyclic amines) is 1. The minimum Gasteiger partial charge on any atom is -0.460 e. The van der Waals surface area contributed by atoms with Crippen molar-refractivity contribution >= 4 is 12.1 Å². The van der Waals surface area contributed by atoms with E-state index in [1.165, 1.54) is 4.90 Å². The number of ether oxygens (including phenoxy) is 2. The van der Waals surface area contributed by atoms with E-state index in [9.17, 15) is 9.59 Å². The third-order valence-corrected chi connectivity index (χ3v) is 2.96. The Hall–Kier alpha value is -1.52. The second kappa shape index (κ2) is 10.2. The van der Waals surface area contributed by atoms with Crippen molar-refractivity contribution < 1.29 is 19.1 Å². The van der Waals surface area contributed by atoms with Crippen LogP contribution in [0, 0.1) is 0 Å². The second-order valence-corrected chi connectivity index (χ2v) is 5.88. The van der Waals surface area contributed by atoms with Gasteiger partial charge in [0, 0.05) is 6.54 Å². The van der Waals surface area contributed by atoms with Gasteiger partial charge in [-0.1, -0.05) is 26.0 Å². The lowest BCUT2D eigenvalue weighted by atomic mass is 10.0. The number of allylic oxidation sites excluding steroid dienone is 1. The molecule has 1 heterocycles. The maximum atomic E-state index is 12.1. The molecule has 5 heteroatoms. The number of hydrogen-bond donors (Lipinski definition) is 0. The van der Waals surface area contributed by atoms with E-state index in [0.29, 0.717) is 13.0 Å². The third kappa shape index (κ3) is 7.48. The van der Waals surface area contributed by atoms with Crippen molar-refractivity contribution in [2.45, 2.75) is 72.4 Å². The number of esters is 1. The Balaban J connectivity index is 0.00000211. The molecular formula is C17H31NO4. The van der Waals surface area contributed by atoms with E-state index in [-0.39, 0.29) is 12.6 Å². The van der Waals surface area contributed by atoms with E-state index < -0.39 is 17.7 Å². The summed E-state index contributed by atoms with van der Waals surface area (Å²) < 4.78 is 10.5. The fourth-order valence-electron chi connectivity index (χ4n) is 2.04. The maximum absolute atomic E-state index is 12.1. The predicted molar refractivity (Wildman–Crippen MR) is 87.7 cm³/mol. The lowest BCUT2D eigenvalue weighted by Gasteiger charge is -2.35. The number of rotatable bonds is 3. The Kier molecular flexibility index (Phi) is 9.54. The molecule has 1 amide bonds. The zero-order chi connectivity index (χ0) is 17.2. The maximum Gasteiger partial charge on any atom is 0.411 e. The van der Waals surface area contributed by atoms with Crippen LogP contribution in [0.25, 0.3) is 0 Å². The molecule has 0 bridgehead atoms. The normalized spacial score (nSPS) is 18.5. The molecule has 0 N–H and O–H groups in total. The fraction of sp³-hybridized carbons (Fsp3) is 0.765. The van der Waals surface area contributed by atoms with Crippen molar-refractivity contribution in [3.8, 4) is 0 Å². The average Bonchev–Trinajstić information content (AvgIpc) is 2.47. The van der Waals surface area contributed by atoms with Gasteiger partial charge in [-0.2, -0.15) is 0 Å². The number of hydrogen-bond acceptors (Lipinski definition) is 4. The van der Waals surface area contributed by atoms with Gasteiger partial charge in [-0.25, -0.2) is 9.59 Å². The van der Waals surface area contributed by atoms with Gasteiger partial charge in [-0.3, -0.25) is 4.90 Å². The lowest BCUT2D eigenvalue weighted by molar-refractivity contribution is -0.149. The summed E-state index contributed by atoms with van der Waals surface area (Å²) in [4.78, 5) is 25.7. The molecule has 22 heavy (non-hydrogen) atoms. The molecule has 0 unspecified atom stereocenters. The SMILES string of the molecule is C/C=C/COC(=O)[C@@H]1CCCCN1C(=O)OC(C)(C)C.CC. The highest BCUT2D eigenvalue weighted by Crippen LogP contribution is 2.21. The van der Waals surface area contributed by atoms with Crippen molar-refractivity contribution in [1.29, 1.82) is 0 Å². The monoisotopic (exact) mass is 313 g/mol. The summed E-state index contributed by atoms with van der Waals surface area (Å²) in [5.41, 5.74) is -0.562. The standard InChI is InChI=1S/C15H25NO4.C2H6/c1-5-6-11-19-13(17)12-9-7-8-10-16(12)14(18)20-15(2,3)4;1-2/h5-6,12H,7-11H2,1-4H3;1-2H3/b6-5+;/t12-;/m0./s1. The molecule has 0 aromatic carbocycles. The van der Waals surface area contributed by atoms with Crippen LogP contribution >= 0.6 is 0 Å². The predicted octanol–water partition coefficient (Wildman–Crippen LogP) is 3.92. The first-order valence-electron chi connectivity index (χ1n) is 8.12.